The van der Waals surface area contributed by atoms with Gasteiger partial charge in [-0.3, -0.25) is 9.59 Å². The largest absolute Gasteiger partial charge is 0.462 e. The zero-order valence-electron chi connectivity index (χ0n) is 46.7. The summed E-state index contributed by atoms with van der Waals surface area (Å²) in [6.45, 7) is 7.91. The quantitative estimate of drug-likeness (QED) is 0.0345. The highest BCUT2D eigenvalue weighted by Crippen LogP contribution is 2.18. The molecular formula is C63H122O5. The maximum Gasteiger partial charge on any atom is 0.306 e. The lowest BCUT2D eigenvalue weighted by molar-refractivity contribution is -0.163. The Balaban J connectivity index is 4.16. The second-order valence-corrected chi connectivity index (χ2v) is 21.3. The minimum atomic E-state index is -0.528. The number of hydrogen-bond donors (Lipinski definition) is 0. The molecule has 0 N–H and O–H groups in total. The molecule has 0 heterocycles. The minimum absolute atomic E-state index is 0.0955. The number of rotatable bonds is 59. The third-order valence-corrected chi connectivity index (χ3v) is 14.3. The molecule has 0 fully saturated rings. The van der Waals surface area contributed by atoms with E-state index in [1.54, 1.807) is 0 Å². The molecule has 1 atom stereocenters. The number of allylic oxidation sites excluding steroid dienone is 2. The van der Waals surface area contributed by atoms with Crippen LogP contribution in [0.3, 0.4) is 0 Å². The molecule has 68 heavy (non-hydrogen) atoms. The number of esters is 2. The molecule has 0 rings (SSSR count). The summed E-state index contributed by atoms with van der Waals surface area (Å²) in [5, 5.41) is 0. The van der Waals surface area contributed by atoms with Crippen molar-refractivity contribution in [3.05, 3.63) is 12.2 Å². The van der Waals surface area contributed by atoms with Gasteiger partial charge in [0.1, 0.15) is 6.61 Å². The van der Waals surface area contributed by atoms with Crippen LogP contribution in [-0.2, 0) is 23.8 Å². The maximum atomic E-state index is 12.9. The van der Waals surface area contributed by atoms with Gasteiger partial charge in [0.2, 0.25) is 0 Å². The molecule has 0 aromatic carbocycles. The van der Waals surface area contributed by atoms with Crippen LogP contribution in [0, 0.1) is 0 Å². The van der Waals surface area contributed by atoms with E-state index < -0.39 is 6.10 Å². The van der Waals surface area contributed by atoms with Gasteiger partial charge in [-0.25, -0.2) is 0 Å². The van der Waals surface area contributed by atoms with Gasteiger partial charge in [0, 0.05) is 19.4 Å². The Morgan fingerprint density at radius 3 is 0.897 bits per heavy atom. The SMILES string of the molecule is CCCCCCCC/C=C\CCCCCCCCCCCCOCC(COC(=O)CCCCCCCCCCCCCCCCCCCCC)OC(=O)CCCCCCCCCCCCCCC. The van der Waals surface area contributed by atoms with E-state index in [4.69, 9.17) is 14.2 Å². The highest BCUT2D eigenvalue weighted by Gasteiger charge is 2.18. The first-order valence-corrected chi connectivity index (χ1v) is 31.2. The van der Waals surface area contributed by atoms with Crippen LogP contribution in [0.1, 0.15) is 355 Å². The summed E-state index contributed by atoms with van der Waals surface area (Å²) in [5.41, 5.74) is 0. The van der Waals surface area contributed by atoms with Crippen LogP contribution < -0.4 is 0 Å². The summed E-state index contributed by atoms with van der Waals surface area (Å²) in [6, 6.07) is 0. The first kappa shape index (κ1) is 66.6. The van der Waals surface area contributed by atoms with E-state index >= 15 is 0 Å². The lowest BCUT2D eigenvalue weighted by atomic mass is 10.0. The number of hydrogen-bond acceptors (Lipinski definition) is 5. The van der Waals surface area contributed by atoms with Gasteiger partial charge in [-0.2, -0.15) is 0 Å². The van der Waals surface area contributed by atoms with E-state index in [2.05, 4.69) is 32.9 Å². The van der Waals surface area contributed by atoms with Crippen molar-refractivity contribution in [2.24, 2.45) is 0 Å². The number of carbonyl (C=O) groups is 2. The van der Waals surface area contributed by atoms with Crippen LogP contribution in [0.2, 0.25) is 0 Å². The standard InChI is InChI=1S/C63H122O5/c1-4-7-10-13-16-19-22-25-27-29-31-33-35-37-40-43-46-49-52-55-58-66-59-61(68-63(65)57-54-51-48-45-42-38-24-21-18-15-12-9-6-3)60-67-62(64)56-53-50-47-44-41-39-36-34-32-30-28-26-23-20-17-14-11-8-5-2/h25,27,61H,4-24,26,28-60H2,1-3H3/b27-25-. The van der Waals surface area contributed by atoms with Gasteiger partial charge in [0.15, 0.2) is 6.10 Å². The third-order valence-electron chi connectivity index (χ3n) is 14.3. The molecule has 0 bridgehead atoms. The Morgan fingerprint density at radius 2 is 0.574 bits per heavy atom. The normalized spacial score (nSPS) is 12.1. The molecule has 0 amide bonds. The molecule has 0 aliphatic rings. The van der Waals surface area contributed by atoms with Crippen molar-refractivity contribution in [3.63, 3.8) is 0 Å². The average Bonchev–Trinajstić information content (AvgIpc) is 3.34. The summed E-state index contributed by atoms with van der Waals surface area (Å²) in [6.07, 6.45) is 71.0. The number of unbranched alkanes of at least 4 members (excludes halogenated alkanes) is 46. The summed E-state index contributed by atoms with van der Waals surface area (Å²) in [5.74, 6) is -0.368. The van der Waals surface area contributed by atoms with Crippen LogP contribution in [-0.4, -0.2) is 37.9 Å². The van der Waals surface area contributed by atoms with E-state index in [0.29, 0.717) is 26.1 Å². The molecule has 0 aliphatic carbocycles. The lowest BCUT2D eigenvalue weighted by Crippen LogP contribution is -2.30. The summed E-state index contributed by atoms with van der Waals surface area (Å²) < 4.78 is 17.5. The van der Waals surface area contributed by atoms with Crippen molar-refractivity contribution >= 4 is 11.9 Å². The Morgan fingerprint density at radius 1 is 0.309 bits per heavy atom. The molecule has 0 aromatic heterocycles. The van der Waals surface area contributed by atoms with Crippen molar-refractivity contribution in [2.75, 3.05) is 19.8 Å². The van der Waals surface area contributed by atoms with Crippen LogP contribution in [0.25, 0.3) is 0 Å². The Hall–Kier alpha value is -1.36. The van der Waals surface area contributed by atoms with E-state index in [1.165, 1.54) is 289 Å². The van der Waals surface area contributed by atoms with Gasteiger partial charge >= 0.3 is 11.9 Å². The fraction of sp³-hybridized carbons (Fsp3) is 0.937. The molecule has 1 unspecified atom stereocenters. The van der Waals surface area contributed by atoms with Crippen molar-refractivity contribution in [3.8, 4) is 0 Å². The minimum Gasteiger partial charge on any atom is -0.462 e. The molecule has 0 spiro atoms. The second kappa shape index (κ2) is 59.9. The van der Waals surface area contributed by atoms with Gasteiger partial charge in [-0.05, 0) is 44.9 Å². The average molecular weight is 960 g/mol. The fourth-order valence-electron chi connectivity index (χ4n) is 9.63. The van der Waals surface area contributed by atoms with Gasteiger partial charge in [0.25, 0.3) is 0 Å². The van der Waals surface area contributed by atoms with Crippen LogP contribution in [0.4, 0.5) is 0 Å². The molecule has 5 nitrogen and oxygen atoms in total. The highest BCUT2D eigenvalue weighted by atomic mass is 16.6. The predicted octanol–water partition coefficient (Wildman–Crippen LogP) is 21.4. The third kappa shape index (κ3) is 57.2. The predicted molar refractivity (Wildman–Crippen MR) is 298 cm³/mol. The Labute approximate surface area is 426 Å². The van der Waals surface area contributed by atoms with E-state index in [1.807, 2.05) is 0 Å². The number of carbonyl (C=O) groups excluding carboxylic acids is 2. The van der Waals surface area contributed by atoms with Gasteiger partial charge in [0.05, 0.1) is 6.61 Å². The van der Waals surface area contributed by atoms with Gasteiger partial charge < -0.3 is 14.2 Å². The van der Waals surface area contributed by atoms with Gasteiger partial charge in [-0.1, -0.05) is 309 Å². The monoisotopic (exact) mass is 959 g/mol. The van der Waals surface area contributed by atoms with E-state index in [0.717, 1.165) is 32.1 Å². The van der Waals surface area contributed by atoms with Gasteiger partial charge in [-0.15, -0.1) is 0 Å². The fourth-order valence-corrected chi connectivity index (χ4v) is 9.63. The van der Waals surface area contributed by atoms with E-state index in [9.17, 15) is 9.59 Å². The topological polar surface area (TPSA) is 61.8 Å². The summed E-state index contributed by atoms with van der Waals surface area (Å²) >= 11 is 0. The zero-order chi connectivity index (χ0) is 49.2. The van der Waals surface area contributed by atoms with Crippen molar-refractivity contribution in [1.29, 1.82) is 0 Å². The Bertz CT molecular complexity index is 994. The second-order valence-electron chi connectivity index (χ2n) is 21.3. The smallest absolute Gasteiger partial charge is 0.306 e. The lowest BCUT2D eigenvalue weighted by Gasteiger charge is -2.18. The molecule has 0 saturated heterocycles. The first-order valence-electron chi connectivity index (χ1n) is 31.2. The van der Waals surface area contributed by atoms with Crippen molar-refractivity contribution < 1.29 is 23.8 Å². The maximum absolute atomic E-state index is 12.9. The molecule has 0 aliphatic heterocycles. The van der Waals surface area contributed by atoms with Crippen LogP contribution in [0.15, 0.2) is 12.2 Å². The zero-order valence-corrected chi connectivity index (χ0v) is 46.7. The Kier molecular flexibility index (Phi) is 58.7. The van der Waals surface area contributed by atoms with Crippen LogP contribution in [0.5, 0.6) is 0 Å². The van der Waals surface area contributed by atoms with Crippen LogP contribution >= 0.6 is 0 Å². The molecule has 0 aromatic rings. The van der Waals surface area contributed by atoms with Crippen molar-refractivity contribution in [2.45, 2.75) is 361 Å². The molecule has 5 heteroatoms. The first-order chi connectivity index (χ1) is 33.6. The van der Waals surface area contributed by atoms with E-state index in [-0.39, 0.29) is 18.5 Å². The number of ether oxygens (including phenoxy) is 3. The molecule has 0 saturated carbocycles. The summed E-state index contributed by atoms with van der Waals surface area (Å²) in [7, 11) is 0. The molecular weight excluding hydrogens is 837 g/mol. The highest BCUT2D eigenvalue weighted by molar-refractivity contribution is 5.70. The van der Waals surface area contributed by atoms with Crippen molar-refractivity contribution in [1.82, 2.24) is 0 Å². The summed E-state index contributed by atoms with van der Waals surface area (Å²) in [4.78, 5) is 25.6. The molecule has 404 valence electrons. The molecule has 0 radical (unpaired) electrons.